The molecule has 2 rings (SSSR count). The third-order valence-corrected chi connectivity index (χ3v) is 2.74. The predicted octanol–water partition coefficient (Wildman–Crippen LogP) is 2.24. The van der Waals surface area contributed by atoms with Crippen LogP contribution in [0, 0.1) is 5.82 Å². The number of carboxylic acid groups (broad SMARTS) is 1. The van der Waals surface area contributed by atoms with E-state index in [1.54, 1.807) is 30.1 Å². The van der Waals surface area contributed by atoms with Gasteiger partial charge in [0.1, 0.15) is 5.82 Å². The van der Waals surface area contributed by atoms with Crippen LogP contribution in [0.5, 0.6) is 0 Å². The highest BCUT2D eigenvalue weighted by Gasteiger charge is 2.12. The molecule has 94 valence electrons. The highest BCUT2D eigenvalue weighted by molar-refractivity contribution is 5.69. The van der Waals surface area contributed by atoms with Gasteiger partial charge >= 0.3 is 5.97 Å². The number of rotatable bonds is 4. The first-order chi connectivity index (χ1) is 8.58. The molecule has 1 heterocycles. The molecule has 1 aromatic carbocycles. The molecule has 2 aromatic rings. The van der Waals surface area contributed by atoms with Crippen LogP contribution in [0.15, 0.2) is 30.5 Å². The van der Waals surface area contributed by atoms with E-state index >= 15 is 0 Å². The zero-order valence-corrected chi connectivity index (χ0v) is 9.93. The van der Waals surface area contributed by atoms with Gasteiger partial charge in [-0.2, -0.15) is 5.10 Å². The van der Waals surface area contributed by atoms with Crippen LogP contribution in [-0.2, 0) is 18.3 Å². The maximum absolute atomic E-state index is 12.9. The average Bonchev–Trinajstić information content (AvgIpc) is 2.69. The standard InChI is InChI=1S/C13H13FN2O2/c1-16-13(9-2-5-11(14)6-3-9)10(8-15-16)4-7-12(17)18/h2-3,5-6,8H,4,7H2,1H3,(H,17,18). The number of aliphatic carboxylic acids is 1. The minimum absolute atomic E-state index is 0.0554. The fourth-order valence-electron chi connectivity index (χ4n) is 1.89. The molecule has 0 amide bonds. The highest BCUT2D eigenvalue weighted by atomic mass is 19.1. The molecule has 0 atom stereocenters. The lowest BCUT2D eigenvalue weighted by Gasteiger charge is -2.05. The lowest BCUT2D eigenvalue weighted by Crippen LogP contribution is -2.00. The second-order valence-electron chi connectivity index (χ2n) is 4.04. The molecule has 5 heteroatoms. The maximum Gasteiger partial charge on any atom is 0.303 e. The molecule has 0 aliphatic carbocycles. The number of carbonyl (C=O) groups is 1. The minimum atomic E-state index is -0.844. The Balaban J connectivity index is 2.34. The van der Waals surface area contributed by atoms with Crippen LogP contribution in [-0.4, -0.2) is 20.9 Å². The number of aromatic nitrogens is 2. The van der Waals surface area contributed by atoms with E-state index in [1.165, 1.54) is 12.1 Å². The molecule has 0 aliphatic heterocycles. The monoisotopic (exact) mass is 248 g/mol. The Morgan fingerprint density at radius 2 is 2.06 bits per heavy atom. The molecule has 0 fully saturated rings. The van der Waals surface area contributed by atoms with Gasteiger partial charge in [0.05, 0.1) is 11.9 Å². The van der Waals surface area contributed by atoms with E-state index in [0.717, 1.165) is 16.8 Å². The van der Waals surface area contributed by atoms with Crippen molar-refractivity contribution in [2.45, 2.75) is 12.8 Å². The molecule has 0 unspecified atom stereocenters. The zero-order chi connectivity index (χ0) is 13.1. The SMILES string of the molecule is Cn1ncc(CCC(=O)O)c1-c1ccc(F)cc1. The second kappa shape index (κ2) is 5.00. The largest absolute Gasteiger partial charge is 0.481 e. The predicted molar refractivity (Wildman–Crippen MR) is 64.6 cm³/mol. The van der Waals surface area contributed by atoms with Gasteiger partial charge in [-0.25, -0.2) is 4.39 Å². The van der Waals surface area contributed by atoms with Crippen LogP contribution < -0.4 is 0 Å². The Morgan fingerprint density at radius 1 is 1.39 bits per heavy atom. The average molecular weight is 248 g/mol. The van der Waals surface area contributed by atoms with E-state index < -0.39 is 5.97 Å². The molecule has 4 nitrogen and oxygen atoms in total. The first kappa shape index (κ1) is 12.3. The number of halogens is 1. The van der Waals surface area contributed by atoms with E-state index in [-0.39, 0.29) is 12.2 Å². The van der Waals surface area contributed by atoms with Gasteiger partial charge in [0.15, 0.2) is 0 Å². The quantitative estimate of drug-likeness (QED) is 0.902. The smallest absolute Gasteiger partial charge is 0.303 e. The Bertz CT molecular complexity index is 561. The van der Waals surface area contributed by atoms with Crippen molar-refractivity contribution in [2.24, 2.45) is 7.05 Å². The topological polar surface area (TPSA) is 55.1 Å². The first-order valence-electron chi connectivity index (χ1n) is 5.56. The normalized spacial score (nSPS) is 10.6. The number of nitrogens with zero attached hydrogens (tertiary/aromatic N) is 2. The summed E-state index contributed by atoms with van der Waals surface area (Å²) in [6.07, 6.45) is 2.12. The van der Waals surface area contributed by atoms with Gasteiger partial charge in [0, 0.05) is 19.0 Å². The van der Waals surface area contributed by atoms with Crippen molar-refractivity contribution in [1.82, 2.24) is 9.78 Å². The number of carboxylic acids is 1. The zero-order valence-electron chi connectivity index (χ0n) is 9.93. The summed E-state index contributed by atoms with van der Waals surface area (Å²) in [5, 5.41) is 12.8. The summed E-state index contributed by atoms with van der Waals surface area (Å²) in [6, 6.07) is 6.08. The van der Waals surface area contributed by atoms with Gasteiger partial charge < -0.3 is 5.11 Å². The molecule has 0 radical (unpaired) electrons. The number of hydrogen-bond acceptors (Lipinski definition) is 2. The number of benzene rings is 1. The molecule has 0 saturated heterocycles. The van der Waals surface area contributed by atoms with Gasteiger partial charge in [0.2, 0.25) is 0 Å². The van der Waals surface area contributed by atoms with Crippen LogP contribution in [0.3, 0.4) is 0 Å². The van der Waals surface area contributed by atoms with Gasteiger partial charge in [-0.3, -0.25) is 9.48 Å². The Morgan fingerprint density at radius 3 is 2.67 bits per heavy atom. The Labute approximate surface area is 104 Å². The van der Waals surface area contributed by atoms with Crippen molar-refractivity contribution in [2.75, 3.05) is 0 Å². The van der Waals surface area contributed by atoms with Gasteiger partial charge in [-0.05, 0) is 36.2 Å². The van der Waals surface area contributed by atoms with E-state index in [1.807, 2.05) is 0 Å². The van der Waals surface area contributed by atoms with Crippen LogP contribution in [0.4, 0.5) is 4.39 Å². The van der Waals surface area contributed by atoms with E-state index in [4.69, 9.17) is 5.11 Å². The van der Waals surface area contributed by atoms with Crippen molar-refractivity contribution in [3.05, 3.63) is 41.8 Å². The van der Waals surface area contributed by atoms with E-state index in [9.17, 15) is 9.18 Å². The van der Waals surface area contributed by atoms with Crippen LogP contribution >= 0.6 is 0 Å². The van der Waals surface area contributed by atoms with Crippen molar-refractivity contribution < 1.29 is 14.3 Å². The molecule has 0 saturated carbocycles. The molecule has 1 aromatic heterocycles. The van der Waals surface area contributed by atoms with Crippen LogP contribution in [0.2, 0.25) is 0 Å². The second-order valence-corrected chi connectivity index (χ2v) is 4.04. The van der Waals surface area contributed by atoms with Gasteiger partial charge in [-0.1, -0.05) is 0 Å². The summed E-state index contributed by atoms with van der Waals surface area (Å²) in [6.45, 7) is 0. The molecule has 0 aliphatic rings. The van der Waals surface area contributed by atoms with E-state index in [2.05, 4.69) is 5.10 Å². The van der Waals surface area contributed by atoms with Crippen LogP contribution in [0.25, 0.3) is 11.3 Å². The maximum atomic E-state index is 12.9. The molecular weight excluding hydrogens is 235 g/mol. The van der Waals surface area contributed by atoms with Crippen molar-refractivity contribution >= 4 is 5.97 Å². The minimum Gasteiger partial charge on any atom is -0.481 e. The summed E-state index contributed by atoms with van der Waals surface area (Å²) in [7, 11) is 1.78. The summed E-state index contributed by atoms with van der Waals surface area (Å²) in [5.41, 5.74) is 2.51. The van der Waals surface area contributed by atoms with Crippen molar-refractivity contribution in [3.8, 4) is 11.3 Å². The Kier molecular flexibility index (Phi) is 3.41. The molecule has 1 N–H and O–H groups in total. The van der Waals surface area contributed by atoms with Crippen molar-refractivity contribution in [3.63, 3.8) is 0 Å². The van der Waals surface area contributed by atoms with Gasteiger partial charge in [0.25, 0.3) is 0 Å². The lowest BCUT2D eigenvalue weighted by atomic mass is 10.0. The van der Waals surface area contributed by atoms with Gasteiger partial charge in [-0.15, -0.1) is 0 Å². The van der Waals surface area contributed by atoms with Crippen LogP contribution in [0.1, 0.15) is 12.0 Å². The third kappa shape index (κ3) is 2.56. The highest BCUT2D eigenvalue weighted by Crippen LogP contribution is 2.24. The third-order valence-electron chi connectivity index (χ3n) is 2.74. The molecular formula is C13H13FN2O2. The number of hydrogen-bond donors (Lipinski definition) is 1. The van der Waals surface area contributed by atoms with Crippen molar-refractivity contribution in [1.29, 1.82) is 0 Å². The summed E-state index contributed by atoms with van der Waals surface area (Å²) >= 11 is 0. The first-order valence-corrected chi connectivity index (χ1v) is 5.56. The molecule has 18 heavy (non-hydrogen) atoms. The molecule has 0 spiro atoms. The Hall–Kier alpha value is -2.17. The number of aryl methyl sites for hydroxylation is 2. The lowest BCUT2D eigenvalue weighted by molar-refractivity contribution is -0.136. The fourth-order valence-corrected chi connectivity index (χ4v) is 1.89. The molecule has 0 bridgehead atoms. The fraction of sp³-hybridized carbons (Fsp3) is 0.231. The summed E-state index contributed by atoms with van der Waals surface area (Å²) in [5.74, 6) is -1.14. The summed E-state index contributed by atoms with van der Waals surface area (Å²) < 4.78 is 14.6. The van der Waals surface area contributed by atoms with E-state index in [0.29, 0.717) is 6.42 Å². The summed E-state index contributed by atoms with van der Waals surface area (Å²) in [4.78, 5) is 10.6.